The number of methoxy groups -OCH3 is 1. The van der Waals surface area contributed by atoms with E-state index in [2.05, 4.69) is 10.3 Å². The molecule has 1 amide bonds. The largest absolute Gasteiger partial charge is 0.497 e. The van der Waals surface area contributed by atoms with Crippen LogP contribution in [-0.2, 0) is 6.54 Å². The van der Waals surface area contributed by atoms with E-state index in [0.717, 1.165) is 41.6 Å². The maximum atomic E-state index is 13.9. The number of aromatic nitrogens is 1. The lowest BCUT2D eigenvalue weighted by molar-refractivity contribution is 0.0624. The quantitative estimate of drug-likeness (QED) is 0.639. The van der Waals surface area contributed by atoms with E-state index in [0.29, 0.717) is 13.1 Å². The lowest BCUT2D eigenvalue weighted by atomic mass is 10.1. The highest BCUT2D eigenvalue weighted by Crippen LogP contribution is 2.25. The maximum Gasteiger partial charge on any atom is 0.256 e. The van der Waals surface area contributed by atoms with E-state index in [4.69, 9.17) is 9.72 Å². The fourth-order valence-electron chi connectivity index (χ4n) is 3.38. The Labute approximate surface area is 173 Å². The number of nitrogens with zero attached hydrogens (tertiary/aromatic N) is 3. The fraction of sp³-hybridized carbons (Fsp3) is 0.273. The molecule has 7 heteroatoms. The van der Waals surface area contributed by atoms with Crippen molar-refractivity contribution in [3.63, 3.8) is 0 Å². The van der Waals surface area contributed by atoms with Crippen molar-refractivity contribution in [1.82, 2.24) is 14.8 Å². The molecule has 4 rings (SSSR count). The van der Waals surface area contributed by atoms with Crippen LogP contribution in [0.4, 0.5) is 4.39 Å². The van der Waals surface area contributed by atoms with E-state index in [1.54, 1.807) is 41.5 Å². The zero-order chi connectivity index (χ0) is 20.2. The predicted molar refractivity (Wildman–Crippen MR) is 112 cm³/mol. The molecule has 1 aliphatic rings. The lowest BCUT2D eigenvalue weighted by Crippen LogP contribution is -2.48. The van der Waals surface area contributed by atoms with Crippen molar-refractivity contribution in [3.8, 4) is 17.0 Å². The van der Waals surface area contributed by atoms with E-state index in [1.807, 2.05) is 24.3 Å². The number of carbonyl (C=O) groups is 1. The molecule has 1 fully saturated rings. The number of ether oxygens (including phenoxy) is 1. The number of benzene rings is 2. The van der Waals surface area contributed by atoms with Gasteiger partial charge in [0.15, 0.2) is 0 Å². The molecule has 150 valence electrons. The van der Waals surface area contributed by atoms with Crippen molar-refractivity contribution in [3.05, 3.63) is 70.3 Å². The minimum absolute atomic E-state index is 0.144. The van der Waals surface area contributed by atoms with Gasteiger partial charge in [0.05, 0.1) is 24.9 Å². The SMILES string of the molecule is COc1ccc(-c2csc(CN3CCN(C(=O)c4ccccc4F)CC3)n2)cc1. The van der Waals surface area contributed by atoms with Gasteiger partial charge in [-0.2, -0.15) is 0 Å². The van der Waals surface area contributed by atoms with E-state index in [-0.39, 0.29) is 11.5 Å². The van der Waals surface area contributed by atoms with Crippen LogP contribution >= 0.6 is 11.3 Å². The summed E-state index contributed by atoms with van der Waals surface area (Å²) in [6.07, 6.45) is 0. The number of piperazine rings is 1. The number of thiazole rings is 1. The second-order valence-corrected chi connectivity index (χ2v) is 7.85. The molecule has 0 atom stereocenters. The number of hydrogen-bond acceptors (Lipinski definition) is 5. The van der Waals surface area contributed by atoms with Gasteiger partial charge in [-0.05, 0) is 36.4 Å². The molecule has 2 aromatic carbocycles. The second kappa shape index (κ2) is 8.71. The Balaban J connectivity index is 1.33. The molecule has 1 aliphatic heterocycles. The van der Waals surface area contributed by atoms with E-state index >= 15 is 0 Å². The van der Waals surface area contributed by atoms with Crippen LogP contribution in [0.2, 0.25) is 0 Å². The third-order valence-electron chi connectivity index (χ3n) is 5.06. The van der Waals surface area contributed by atoms with Crippen LogP contribution in [0.25, 0.3) is 11.3 Å². The van der Waals surface area contributed by atoms with Crippen LogP contribution in [0, 0.1) is 5.82 Å². The van der Waals surface area contributed by atoms with Crippen LogP contribution in [-0.4, -0.2) is 54.0 Å². The van der Waals surface area contributed by atoms with Crippen molar-refractivity contribution >= 4 is 17.2 Å². The second-order valence-electron chi connectivity index (χ2n) is 6.90. The number of hydrogen-bond donors (Lipinski definition) is 0. The van der Waals surface area contributed by atoms with Gasteiger partial charge in [-0.3, -0.25) is 9.69 Å². The molecule has 2 heterocycles. The molecule has 0 N–H and O–H groups in total. The summed E-state index contributed by atoms with van der Waals surface area (Å²) < 4.78 is 19.1. The highest BCUT2D eigenvalue weighted by molar-refractivity contribution is 7.09. The monoisotopic (exact) mass is 411 g/mol. The summed E-state index contributed by atoms with van der Waals surface area (Å²) in [5.74, 6) is 0.125. The Morgan fingerprint density at radius 1 is 1.10 bits per heavy atom. The first kappa shape index (κ1) is 19.5. The van der Waals surface area contributed by atoms with Crippen LogP contribution < -0.4 is 4.74 Å². The lowest BCUT2D eigenvalue weighted by Gasteiger charge is -2.34. The first-order valence-electron chi connectivity index (χ1n) is 9.49. The van der Waals surface area contributed by atoms with Crippen molar-refractivity contribution in [1.29, 1.82) is 0 Å². The Bertz CT molecular complexity index is 982. The van der Waals surface area contributed by atoms with Gasteiger partial charge < -0.3 is 9.64 Å². The number of carbonyl (C=O) groups excluding carboxylic acids is 1. The average Bonchev–Trinajstić information content (AvgIpc) is 3.23. The summed E-state index contributed by atoms with van der Waals surface area (Å²) >= 11 is 1.64. The van der Waals surface area contributed by atoms with Crippen LogP contribution in [0.3, 0.4) is 0 Å². The Morgan fingerprint density at radius 3 is 2.52 bits per heavy atom. The van der Waals surface area contributed by atoms with Gasteiger partial charge >= 0.3 is 0 Å². The Kier molecular flexibility index (Phi) is 5.87. The first-order chi connectivity index (χ1) is 14.1. The molecule has 1 saturated heterocycles. The predicted octanol–water partition coefficient (Wildman–Crippen LogP) is 3.92. The van der Waals surface area contributed by atoms with Gasteiger partial charge in [-0.1, -0.05) is 12.1 Å². The number of amides is 1. The van der Waals surface area contributed by atoms with E-state index in [1.165, 1.54) is 6.07 Å². The topological polar surface area (TPSA) is 45.7 Å². The normalized spacial score (nSPS) is 14.8. The fourth-order valence-corrected chi connectivity index (χ4v) is 4.23. The molecule has 0 radical (unpaired) electrons. The van der Waals surface area contributed by atoms with E-state index in [9.17, 15) is 9.18 Å². The average molecular weight is 412 g/mol. The smallest absolute Gasteiger partial charge is 0.256 e. The first-order valence-corrected chi connectivity index (χ1v) is 10.4. The van der Waals surface area contributed by atoms with Crippen molar-refractivity contribution < 1.29 is 13.9 Å². The van der Waals surface area contributed by atoms with Gasteiger partial charge in [-0.25, -0.2) is 9.37 Å². The molecule has 3 aromatic rings. The molecule has 0 bridgehead atoms. The van der Waals surface area contributed by atoms with Gasteiger partial charge in [0.1, 0.15) is 16.6 Å². The Morgan fingerprint density at radius 2 is 1.83 bits per heavy atom. The zero-order valence-corrected chi connectivity index (χ0v) is 17.0. The highest BCUT2D eigenvalue weighted by Gasteiger charge is 2.24. The Hall–Kier alpha value is -2.77. The van der Waals surface area contributed by atoms with Crippen LogP contribution in [0.5, 0.6) is 5.75 Å². The summed E-state index contributed by atoms with van der Waals surface area (Å²) in [5.41, 5.74) is 2.17. The molecular weight excluding hydrogens is 389 g/mol. The van der Waals surface area contributed by atoms with Gasteiger partial charge in [0, 0.05) is 37.1 Å². The molecule has 1 aromatic heterocycles. The minimum atomic E-state index is -0.464. The van der Waals surface area contributed by atoms with Crippen molar-refractivity contribution in [2.75, 3.05) is 33.3 Å². The van der Waals surface area contributed by atoms with Crippen LogP contribution in [0.15, 0.2) is 53.9 Å². The summed E-state index contributed by atoms with van der Waals surface area (Å²) in [7, 11) is 1.65. The number of rotatable bonds is 5. The summed E-state index contributed by atoms with van der Waals surface area (Å²) in [5, 5.41) is 3.11. The van der Waals surface area contributed by atoms with Gasteiger partial charge in [-0.15, -0.1) is 11.3 Å². The van der Waals surface area contributed by atoms with E-state index < -0.39 is 5.82 Å². The molecule has 0 aliphatic carbocycles. The van der Waals surface area contributed by atoms with Gasteiger partial charge in [0.25, 0.3) is 5.91 Å². The molecular formula is C22H22FN3O2S. The molecule has 0 spiro atoms. The minimum Gasteiger partial charge on any atom is -0.497 e. The molecule has 29 heavy (non-hydrogen) atoms. The standard InChI is InChI=1S/C22H22FN3O2S/c1-28-17-8-6-16(7-9-17)20-15-29-21(24-20)14-25-10-12-26(13-11-25)22(27)18-4-2-3-5-19(18)23/h2-9,15H,10-14H2,1H3. The third kappa shape index (κ3) is 4.46. The van der Waals surface area contributed by atoms with Crippen molar-refractivity contribution in [2.24, 2.45) is 0 Å². The molecule has 0 unspecified atom stereocenters. The molecule has 0 saturated carbocycles. The number of halogens is 1. The third-order valence-corrected chi connectivity index (χ3v) is 5.89. The van der Waals surface area contributed by atoms with Crippen LogP contribution in [0.1, 0.15) is 15.4 Å². The summed E-state index contributed by atoms with van der Waals surface area (Å²) in [6.45, 7) is 3.42. The summed E-state index contributed by atoms with van der Waals surface area (Å²) in [6, 6.07) is 14.0. The van der Waals surface area contributed by atoms with Gasteiger partial charge in [0.2, 0.25) is 0 Å². The summed E-state index contributed by atoms with van der Waals surface area (Å²) in [4.78, 5) is 21.3. The maximum absolute atomic E-state index is 13.9. The van der Waals surface area contributed by atoms with Crippen molar-refractivity contribution in [2.45, 2.75) is 6.54 Å². The molecule has 5 nitrogen and oxygen atoms in total. The highest BCUT2D eigenvalue weighted by atomic mass is 32.1. The zero-order valence-electron chi connectivity index (χ0n) is 16.2.